The summed E-state index contributed by atoms with van der Waals surface area (Å²) < 4.78 is 4.56. The van der Waals surface area contributed by atoms with Crippen molar-refractivity contribution >= 4 is 11.9 Å². The Bertz CT molecular complexity index is 273. The number of amides is 1. The third-order valence-electron chi connectivity index (χ3n) is 3.26. The molecule has 5 nitrogen and oxygen atoms in total. The Morgan fingerprint density at radius 1 is 1.17 bits per heavy atom. The fourth-order valence-corrected chi connectivity index (χ4v) is 2.28. The highest BCUT2D eigenvalue weighted by molar-refractivity contribution is 5.79. The van der Waals surface area contributed by atoms with E-state index in [2.05, 4.69) is 10.1 Å². The van der Waals surface area contributed by atoms with Crippen LogP contribution in [0.5, 0.6) is 0 Å². The molecule has 1 N–H and O–H groups in total. The minimum Gasteiger partial charge on any atom is -0.468 e. The number of nitrogens with one attached hydrogen (secondary N) is 1. The molecule has 5 heteroatoms. The van der Waals surface area contributed by atoms with Crippen LogP contribution in [0.3, 0.4) is 0 Å². The molecule has 0 saturated heterocycles. The first-order chi connectivity index (χ1) is 8.61. The molecule has 0 aromatic rings. The summed E-state index contributed by atoms with van der Waals surface area (Å²) in [7, 11) is 3.09. The molecule has 0 aromatic heterocycles. The van der Waals surface area contributed by atoms with E-state index in [-0.39, 0.29) is 25.0 Å². The van der Waals surface area contributed by atoms with Crippen molar-refractivity contribution in [3.8, 4) is 0 Å². The lowest BCUT2D eigenvalue weighted by Crippen LogP contribution is -2.42. The lowest BCUT2D eigenvalue weighted by molar-refractivity contribution is -0.141. The molecule has 0 radical (unpaired) electrons. The molecule has 0 heterocycles. The number of esters is 1. The molecule has 0 spiro atoms. The van der Waals surface area contributed by atoms with Gasteiger partial charge in [-0.05, 0) is 19.9 Å². The topological polar surface area (TPSA) is 58.6 Å². The number of ether oxygens (including phenoxy) is 1. The number of rotatable bonds is 5. The van der Waals surface area contributed by atoms with E-state index in [0.29, 0.717) is 6.04 Å². The van der Waals surface area contributed by atoms with Gasteiger partial charge in [-0.15, -0.1) is 0 Å². The van der Waals surface area contributed by atoms with E-state index in [9.17, 15) is 9.59 Å². The van der Waals surface area contributed by atoms with E-state index in [1.807, 2.05) is 0 Å². The van der Waals surface area contributed by atoms with E-state index in [1.165, 1.54) is 32.8 Å². The minimum atomic E-state index is -0.320. The Kier molecular flexibility index (Phi) is 6.72. The number of hydrogen-bond acceptors (Lipinski definition) is 4. The van der Waals surface area contributed by atoms with Crippen molar-refractivity contribution in [1.82, 2.24) is 10.2 Å². The largest absolute Gasteiger partial charge is 0.468 e. The molecule has 18 heavy (non-hydrogen) atoms. The standard InChI is InChI=1S/C13H24N2O3/c1-15(10-13(17)18-2)9-12(16)14-11-7-5-3-4-6-8-11/h11H,3-10H2,1-2H3,(H,14,16). The normalized spacial score (nSPS) is 17.3. The van der Waals surface area contributed by atoms with Crippen LogP contribution in [0.25, 0.3) is 0 Å². The lowest BCUT2D eigenvalue weighted by atomic mass is 10.1. The van der Waals surface area contributed by atoms with E-state index in [0.717, 1.165) is 12.8 Å². The number of carbonyl (C=O) groups is 2. The maximum Gasteiger partial charge on any atom is 0.319 e. The molecule has 104 valence electrons. The van der Waals surface area contributed by atoms with Crippen LogP contribution in [0.15, 0.2) is 0 Å². The molecule has 1 amide bonds. The van der Waals surface area contributed by atoms with Crippen LogP contribution in [0.2, 0.25) is 0 Å². The Balaban J connectivity index is 2.25. The Morgan fingerprint density at radius 2 is 1.78 bits per heavy atom. The summed E-state index contributed by atoms with van der Waals surface area (Å²) in [6.45, 7) is 0.389. The number of hydrogen-bond donors (Lipinski definition) is 1. The van der Waals surface area contributed by atoms with Crippen LogP contribution >= 0.6 is 0 Å². The number of methoxy groups -OCH3 is 1. The summed E-state index contributed by atoms with van der Waals surface area (Å²) in [6, 6.07) is 0.312. The summed E-state index contributed by atoms with van der Waals surface area (Å²) in [5.41, 5.74) is 0. The Hall–Kier alpha value is -1.10. The fourth-order valence-electron chi connectivity index (χ4n) is 2.28. The van der Waals surface area contributed by atoms with Crippen LogP contribution in [0.1, 0.15) is 38.5 Å². The van der Waals surface area contributed by atoms with E-state index in [1.54, 1.807) is 11.9 Å². The van der Waals surface area contributed by atoms with Crippen molar-refractivity contribution in [3.05, 3.63) is 0 Å². The highest BCUT2D eigenvalue weighted by Crippen LogP contribution is 2.16. The second kappa shape index (κ2) is 8.08. The van der Waals surface area contributed by atoms with Gasteiger partial charge in [-0.3, -0.25) is 14.5 Å². The molecule has 0 bridgehead atoms. The van der Waals surface area contributed by atoms with Gasteiger partial charge in [0.15, 0.2) is 0 Å². The third kappa shape index (κ3) is 6.00. The fraction of sp³-hybridized carbons (Fsp3) is 0.846. The zero-order chi connectivity index (χ0) is 13.4. The summed E-state index contributed by atoms with van der Waals surface area (Å²) in [5.74, 6) is -0.326. The van der Waals surface area contributed by atoms with Gasteiger partial charge in [-0.1, -0.05) is 25.7 Å². The second-order valence-corrected chi connectivity index (χ2v) is 5.00. The molecule has 0 unspecified atom stereocenters. The van der Waals surface area contributed by atoms with Crippen LogP contribution in [0.4, 0.5) is 0 Å². The summed E-state index contributed by atoms with van der Waals surface area (Å²) in [6.07, 6.45) is 7.09. The van der Waals surface area contributed by atoms with Crippen molar-refractivity contribution in [2.75, 3.05) is 27.2 Å². The summed E-state index contributed by atoms with van der Waals surface area (Å²) in [4.78, 5) is 24.5. The lowest BCUT2D eigenvalue weighted by Gasteiger charge is -2.19. The minimum absolute atomic E-state index is 0.00620. The van der Waals surface area contributed by atoms with Crippen molar-refractivity contribution in [2.45, 2.75) is 44.6 Å². The van der Waals surface area contributed by atoms with Gasteiger partial charge >= 0.3 is 5.97 Å². The molecule has 1 rings (SSSR count). The molecule has 1 saturated carbocycles. The molecular formula is C13H24N2O3. The van der Waals surface area contributed by atoms with Gasteiger partial charge in [0.05, 0.1) is 20.2 Å². The monoisotopic (exact) mass is 256 g/mol. The van der Waals surface area contributed by atoms with Crippen LogP contribution in [0, 0.1) is 0 Å². The van der Waals surface area contributed by atoms with Crippen molar-refractivity contribution in [3.63, 3.8) is 0 Å². The second-order valence-electron chi connectivity index (χ2n) is 5.00. The Labute approximate surface area is 109 Å². The highest BCUT2D eigenvalue weighted by atomic mass is 16.5. The number of nitrogens with zero attached hydrogens (tertiary/aromatic N) is 1. The number of likely N-dealkylation sites (N-methyl/N-ethyl adjacent to an activating group) is 1. The maximum absolute atomic E-state index is 11.8. The predicted molar refractivity (Wildman–Crippen MR) is 69.1 cm³/mol. The van der Waals surface area contributed by atoms with E-state index in [4.69, 9.17) is 0 Å². The molecular weight excluding hydrogens is 232 g/mol. The SMILES string of the molecule is COC(=O)CN(C)CC(=O)NC1CCCCCC1. The quantitative estimate of drug-likeness (QED) is 0.587. The first-order valence-electron chi connectivity index (χ1n) is 6.66. The average Bonchev–Trinajstić information content (AvgIpc) is 2.57. The van der Waals surface area contributed by atoms with Crippen molar-refractivity contribution in [1.29, 1.82) is 0 Å². The van der Waals surface area contributed by atoms with Gasteiger partial charge in [0.25, 0.3) is 0 Å². The van der Waals surface area contributed by atoms with Gasteiger partial charge < -0.3 is 10.1 Å². The van der Waals surface area contributed by atoms with E-state index < -0.39 is 0 Å². The van der Waals surface area contributed by atoms with Crippen LogP contribution in [-0.2, 0) is 14.3 Å². The van der Waals surface area contributed by atoms with Gasteiger partial charge in [-0.2, -0.15) is 0 Å². The van der Waals surface area contributed by atoms with Crippen LogP contribution < -0.4 is 5.32 Å². The van der Waals surface area contributed by atoms with Crippen molar-refractivity contribution < 1.29 is 14.3 Å². The smallest absolute Gasteiger partial charge is 0.319 e. The van der Waals surface area contributed by atoms with Gasteiger partial charge in [0.1, 0.15) is 0 Å². The summed E-state index contributed by atoms with van der Waals surface area (Å²) in [5, 5.41) is 3.05. The highest BCUT2D eigenvalue weighted by Gasteiger charge is 2.16. The predicted octanol–water partition coefficient (Wildman–Crippen LogP) is 0.930. The van der Waals surface area contributed by atoms with Gasteiger partial charge in [0.2, 0.25) is 5.91 Å². The molecule has 1 aliphatic rings. The Morgan fingerprint density at radius 3 is 2.33 bits per heavy atom. The maximum atomic E-state index is 11.8. The van der Waals surface area contributed by atoms with Gasteiger partial charge in [0, 0.05) is 6.04 Å². The zero-order valence-corrected chi connectivity index (χ0v) is 11.4. The van der Waals surface area contributed by atoms with Crippen LogP contribution in [-0.4, -0.2) is 50.1 Å². The average molecular weight is 256 g/mol. The molecule has 1 aliphatic carbocycles. The first kappa shape index (κ1) is 15.0. The van der Waals surface area contributed by atoms with E-state index >= 15 is 0 Å². The molecule has 0 aliphatic heterocycles. The molecule has 1 fully saturated rings. The third-order valence-corrected chi connectivity index (χ3v) is 3.26. The number of carbonyl (C=O) groups excluding carboxylic acids is 2. The molecule has 0 aromatic carbocycles. The first-order valence-corrected chi connectivity index (χ1v) is 6.66. The van der Waals surface area contributed by atoms with Crippen molar-refractivity contribution in [2.24, 2.45) is 0 Å². The summed E-state index contributed by atoms with van der Waals surface area (Å²) >= 11 is 0. The zero-order valence-electron chi connectivity index (χ0n) is 11.4. The van der Waals surface area contributed by atoms with Gasteiger partial charge in [-0.25, -0.2) is 0 Å². The molecule has 0 atom stereocenters.